The van der Waals surface area contributed by atoms with Crippen molar-refractivity contribution in [1.29, 1.82) is 0 Å². The minimum atomic E-state index is 0.344. The molecule has 1 fully saturated rings. The smallest absolute Gasteiger partial charge is 0.0464 e. The van der Waals surface area contributed by atoms with Gasteiger partial charge in [-0.3, -0.25) is 0 Å². The predicted molar refractivity (Wildman–Crippen MR) is 55.6 cm³/mol. The van der Waals surface area contributed by atoms with E-state index in [1.807, 2.05) is 0 Å². The highest BCUT2D eigenvalue weighted by Crippen LogP contribution is 2.28. The molecule has 3 unspecified atom stereocenters. The Morgan fingerprint density at radius 3 is 2.54 bits per heavy atom. The molecule has 1 heterocycles. The summed E-state index contributed by atoms with van der Waals surface area (Å²) in [5.74, 6) is 2.53. The van der Waals surface area contributed by atoms with E-state index in [2.05, 4.69) is 26.1 Å². The topological polar surface area (TPSA) is 32.3 Å². The third-order valence-electron chi connectivity index (χ3n) is 3.28. The first-order valence-electron chi connectivity index (χ1n) is 5.46. The summed E-state index contributed by atoms with van der Waals surface area (Å²) in [7, 11) is 0. The quantitative estimate of drug-likeness (QED) is 0.698. The molecule has 0 aliphatic carbocycles. The SMILES string of the molecule is CC1CNCC(C(CO)C(C)C)C1. The van der Waals surface area contributed by atoms with Gasteiger partial charge in [-0.25, -0.2) is 0 Å². The van der Waals surface area contributed by atoms with E-state index in [0.717, 1.165) is 19.0 Å². The van der Waals surface area contributed by atoms with E-state index in [9.17, 15) is 5.11 Å². The molecule has 0 aromatic rings. The minimum Gasteiger partial charge on any atom is -0.396 e. The van der Waals surface area contributed by atoms with Gasteiger partial charge in [0.15, 0.2) is 0 Å². The molecule has 0 aromatic carbocycles. The highest BCUT2D eigenvalue weighted by Gasteiger charge is 2.27. The van der Waals surface area contributed by atoms with Gasteiger partial charge in [0.1, 0.15) is 0 Å². The molecule has 2 heteroatoms. The van der Waals surface area contributed by atoms with Crippen molar-refractivity contribution in [3.05, 3.63) is 0 Å². The monoisotopic (exact) mass is 185 g/mol. The van der Waals surface area contributed by atoms with Gasteiger partial charge < -0.3 is 10.4 Å². The molecule has 0 aromatic heterocycles. The molecule has 13 heavy (non-hydrogen) atoms. The van der Waals surface area contributed by atoms with E-state index >= 15 is 0 Å². The summed E-state index contributed by atoms with van der Waals surface area (Å²) in [5.41, 5.74) is 0. The van der Waals surface area contributed by atoms with Crippen molar-refractivity contribution in [3.8, 4) is 0 Å². The van der Waals surface area contributed by atoms with Crippen LogP contribution in [0, 0.1) is 23.7 Å². The number of piperidine rings is 1. The van der Waals surface area contributed by atoms with Crippen molar-refractivity contribution in [1.82, 2.24) is 5.32 Å². The highest BCUT2D eigenvalue weighted by atomic mass is 16.3. The van der Waals surface area contributed by atoms with Crippen LogP contribution < -0.4 is 5.32 Å². The maximum absolute atomic E-state index is 9.31. The fourth-order valence-corrected chi connectivity index (χ4v) is 2.43. The normalized spacial score (nSPS) is 32.1. The standard InChI is InChI=1S/C11H23NO/c1-8(2)11(7-13)10-4-9(3)5-12-6-10/h8-13H,4-7H2,1-3H3. The zero-order chi connectivity index (χ0) is 9.84. The van der Waals surface area contributed by atoms with Gasteiger partial charge in [-0.05, 0) is 43.2 Å². The predicted octanol–water partition coefficient (Wildman–Crippen LogP) is 1.50. The van der Waals surface area contributed by atoms with Gasteiger partial charge in [-0.15, -0.1) is 0 Å². The molecule has 0 spiro atoms. The molecule has 1 saturated heterocycles. The molecule has 1 rings (SSSR count). The summed E-state index contributed by atoms with van der Waals surface area (Å²) < 4.78 is 0. The van der Waals surface area contributed by atoms with Crippen LogP contribution >= 0.6 is 0 Å². The van der Waals surface area contributed by atoms with Crippen LogP contribution in [0.2, 0.25) is 0 Å². The van der Waals surface area contributed by atoms with Gasteiger partial charge in [-0.1, -0.05) is 20.8 Å². The van der Waals surface area contributed by atoms with Crippen LogP contribution in [0.25, 0.3) is 0 Å². The Bertz CT molecular complexity index is 147. The van der Waals surface area contributed by atoms with Crippen LogP contribution in [-0.4, -0.2) is 24.8 Å². The maximum atomic E-state index is 9.31. The molecule has 0 saturated carbocycles. The molecule has 0 radical (unpaired) electrons. The summed E-state index contributed by atoms with van der Waals surface area (Å²) in [6, 6.07) is 0. The van der Waals surface area contributed by atoms with Crippen LogP contribution in [0.15, 0.2) is 0 Å². The Kier molecular flexibility index (Phi) is 4.20. The number of nitrogens with one attached hydrogen (secondary N) is 1. The van der Waals surface area contributed by atoms with Gasteiger partial charge in [-0.2, -0.15) is 0 Å². The number of aliphatic hydroxyl groups is 1. The second-order valence-corrected chi connectivity index (χ2v) is 4.85. The Morgan fingerprint density at radius 1 is 1.38 bits per heavy atom. The number of hydrogen-bond donors (Lipinski definition) is 2. The first kappa shape index (κ1) is 11.0. The van der Waals surface area contributed by atoms with Crippen LogP contribution in [0.1, 0.15) is 27.2 Å². The fraction of sp³-hybridized carbons (Fsp3) is 1.00. The minimum absolute atomic E-state index is 0.344. The van der Waals surface area contributed by atoms with E-state index < -0.39 is 0 Å². The van der Waals surface area contributed by atoms with Gasteiger partial charge in [0.05, 0.1) is 0 Å². The number of rotatable bonds is 3. The largest absolute Gasteiger partial charge is 0.396 e. The lowest BCUT2D eigenvalue weighted by atomic mass is 9.77. The molecule has 0 amide bonds. The molecule has 2 N–H and O–H groups in total. The first-order chi connectivity index (χ1) is 6.15. The molecule has 1 aliphatic heterocycles. The van der Waals surface area contributed by atoms with E-state index in [0.29, 0.717) is 24.4 Å². The molecule has 0 bridgehead atoms. The van der Waals surface area contributed by atoms with Crippen molar-refractivity contribution in [2.45, 2.75) is 27.2 Å². The molecular weight excluding hydrogens is 162 g/mol. The number of hydrogen-bond acceptors (Lipinski definition) is 2. The maximum Gasteiger partial charge on any atom is 0.0464 e. The zero-order valence-electron chi connectivity index (χ0n) is 9.09. The van der Waals surface area contributed by atoms with Crippen molar-refractivity contribution < 1.29 is 5.11 Å². The molecule has 3 atom stereocenters. The van der Waals surface area contributed by atoms with Crippen LogP contribution in [0.4, 0.5) is 0 Å². The summed E-state index contributed by atoms with van der Waals surface area (Å²) >= 11 is 0. The van der Waals surface area contributed by atoms with Gasteiger partial charge in [0.25, 0.3) is 0 Å². The number of aliphatic hydroxyl groups excluding tert-OH is 1. The van der Waals surface area contributed by atoms with Crippen LogP contribution in [0.3, 0.4) is 0 Å². The Morgan fingerprint density at radius 2 is 2.08 bits per heavy atom. The summed E-state index contributed by atoms with van der Waals surface area (Å²) in [6.45, 7) is 9.28. The van der Waals surface area contributed by atoms with E-state index in [-0.39, 0.29) is 0 Å². The van der Waals surface area contributed by atoms with Crippen LogP contribution in [0.5, 0.6) is 0 Å². The lowest BCUT2D eigenvalue weighted by Crippen LogP contribution is -2.40. The molecular formula is C11H23NO. The van der Waals surface area contributed by atoms with Gasteiger partial charge in [0, 0.05) is 6.61 Å². The second-order valence-electron chi connectivity index (χ2n) is 4.85. The van der Waals surface area contributed by atoms with E-state index in [1.54, 1.807) is 0 Å². The summed E-state index contributed by atoms with van der Waals surface area (Å²) in [6.07, 6.45) is 1.27. The summed E-state index contributed by atoms with van der Waals surface area (Å²) in [4.78, 5) is 0. The summed E-state index contributed by atoms with van der Waals surface area (Å²) in [5, 5.41) is 12.8. The Balaban J connectivity index is 2.47. The third-order valence-corrected chi connectivity index (χ3v) is 3.28. The van der Waals surface area contributed by atoms with E-state index in [1.165, 1.54) is 6.42 Å². The lowest BCUT2D eigenvalue weighted by Gasteiger charge is -2.35. The van der Waals surface area contributed by atoms with Crippen LogP contribution in [-0.2, 0) is 0 Å². The first-order valence-corrected chi connectivity index (χ1v) is 5.46. The molecule has 1 aliphatic rings. The molecule has 2 nitrogen and oxygen atoms in total. The van der Waals surface area contributed by atoms with Crippen molar-refractivity contribution >= 4 is 0 Å². The zero-order valence-corrected chi connectivity index (χ0v) is 9.09. The van der Waals surface area contributed by atoms with Gasteiger partial charge >= 0.3 is 0 Å². The second kappa shape index (κ2) is 4.97. The average Bonchev–Trinajstić information content (AvgIpc) is 2.04. The fourth-order valence-electron chi connectivity index (χ4n) is 2.43. The molecule has 78 valence electrons. The Hall–Kier alpha value is -0.0800. The van der Waals surface area contributed by atoms with E-state index in [4.69, 9.17) is 0 Å². The highest BCUT2D eigenvalue weighted by molar-refractivity contribution is 4.80. The van der Waals surface area contributed by atoms with Gasteiger partial charge in [0.2, 0.25) is 0 Å². The Labute approximate surface area is 81.7 Å². The third kappa shape index (κ3) is 2.96. The lowest BCUT2D eigenvalue weighted by molar-refractivity contribution is 0.105. The van der Waals surface area contributed by atoms with Crippen molar-refractivity contribution in [2.24, 2.45) is 23.7 Å². The van der Waals surface area contributed by atoms with Crippen molar-refractivity contribution in [3.63, 3.8) is 0 Å². The average molecular weight is 185 g/mol. The van der Waals surface area contributed by atoms with Crippen molar-refractivity contribution in [2.75, 3.05) is 19.7 Å².